The maximum absolute atomic E-state index is 11.9. The zero-order valence-corrected chi connectivity index (χ0v) is 12.2. The van der Waals surface area contributed by atoms with Crippen LogP contribution in [0, 0.1) is 4.64 Å². The molecular weight excluding hydrogens is 286 g/mol. The second-order valence-corrected chi connectivity index (χ2v) is 5.74. The molecule has 102 valence electrons. The Morgan fingerprint density at radius 2 is 2.16 bits per heavy atom. The molecular formula is C11H13N3O3S2. The fraction of sp³-hybridized carbons (Fsp3) is 0.455. The summed E-state index contributed by atoms with van der Waals surface area (Å²) in [6, 6.07) is 0. The van der Waals surface area contributed by atoms with Gasteiger partial charge in [-0.3, -0.25) is 13.9 Å². The Bertz CT molecular complexity index is 688. The molecule has 0 radical (unpaired) electrons. The molecule has 8 heteroatoms. The van der Waals surface area contributed by atoms with Gasteiger partial charge in [-0.1, -0.05) is 12.2 Å². The van der Waals surface area contributed by atoms with E-state index in [1.54, 1.807) is 14.1 Å². The largest absolute Gasteiger partial charge is 0.481 e. The Morgan fingerprint density at radius 3 is 2.79 bits per heavy atom. The lowest BCUT2D eigenvalue weighted by Gasteiger charge is -2.07. The lowest BCUT2D eigenvalue weighted by molar-refractivity contribution is -0.136. The maximum Gasteiger partial charge on any atom is 0.330 e. The molecule has 0 bridgehead atoms. The molecule has 0 saturated carbocycles. The minimum absolute atomic E-state index is 0.0907. The highest BCUT2D eigenvalue weighted by molar-refractivity contribution is 8.14. The second-order valence-electron chi connectivity index (χ2n) is 4.18. The van der Waals surface area contributed by atoms with Crippen LogP contribution in [0.2, 0.25) is 0 Å². The SMILES string of the molecule is Cn1c2c(c(=S)n(C)c1=O)CC(SCCC(=O)O)=N2. The van der Waals surface area contributed by atoms with Gasteiger partial charge in [0.05, 0.1) is 11.5 Å². The number of nitrogens with zero attached hydrogens (tertiary/aromatic N) is 3. The second kappa shape index (κ2) is 5.30. The van der Waals surface area contributed by atoms with Crippen LogP contribution in [0.1, 0.15) is 12.0 Å². The summed E-state index contributed by atoms with van der Waals surface area (Å²) in [5.74, 6) is 0.229. The summed E-state index contributed by atoms with van der Waals surface area (Å²) >= 11 is 6.64. The van der Waals surface area contributed by atoms with E-state index in [9.17, 15) is 9.59 Å². The van der Waals surface area contributed by atoms with E-state index < -0.39 is 5.97 Å². The van der Waals surface area contributed by atoms with E-state index >= 15 is 0 Å². The van der Waals surface area contributed by atoms with Gasteiger partial charge in [-0.2, -0.15) is 0 Å². The van der Waals surface area contributed by atoms with E-state index in [0.29, 0.717) is 22.6 Å². The zero-order valence-electron chi connectivity index (χ0n) is 10.5. The fourth-order valence-electron chi connectivity index (χ4n) is 1.85. The first-order valence-corrected chi connectivity index (χ1v) is 7.02. The van der Waals surface area contributed by atoms with Gasteiger partial charge in [0, 0.05) is 31.8 Å². The van der Waals surface area contributed by atoms with E-state index in [-0.39, 0.29) is 12.1 Å². The summed E-state index contributed by atoms with van der Waals surface area (Å²) in [7, 11) is 3.30. The standard InChI is InChI=1S/C11H13N3O3S2/c1-13-9-6(10(18)14(2)11(13)17)5-7(12-9)19-4-3-8(15)16/h3-5H2,1-2H3,(H,15,16). The number of hydrogen-bond acceptors (Lipinski definition) is 5. The summed E-state index contributed by atoms with van der Waals surface area (Å²) in [6.45, 7) is 0. The minimum Gasteiger partial charge on any atom is -0.481 e. The lowest BCUT2D eigenvalue weighted by Crippen LogP contribution is -2.28. The highest BCUT2D eigenvalue weighted by Gasteiger charge is 2.21. The topological polar surface area (TPSA) is 76.6 Å². The van der Waals surface area contributed by atoms with Crippen molar-refractivity contribution in [2.24, 2.45) is 19.1 Å². The van der Waals surface area contributed by atoms with Crippen LogP contribution in [-0.2, 0) is 25.3 Å². The highest BCUT2D eigenvalue weighted by atomic mass is 32.2. The molecule has 0 fully saturated rings. The predicted octanol–water partition coefficient (Wildman–Crippen LogP) is 1.25. The van der Waals surface area contributed by atoms with Gasteiger partial charge in [0.25, 0.3) is 0 Å². The summed E-state index contributed by atoms with van der Waals surface area (Å²) in [4.78, 5) is 26.7. The third-order valence-electron chi connectivity index (χ3n) is 2.87. The van der Waals surface area contributed by atoms with E-state index in [4.69, 9.17) is 17.3 Å². The Balaban J connectivity index is 2.27. The molecule has 0 spiro atoms. The van der Waals surface area contributed by atoms with Gasteiger partial charge < -0.3 is 5.11 Å². The molecule has 2 heterocycles. The number of carboxylic acids is 1. The summed E-state index contributed by atoms with van der Waals surface area (Å²) in [6.07, 6.45) is 0.661. The van der Waals surface area contributed by atoms with Crippen LogP contribution in [0.25, 0.3) is 0 Å². The molecule has 1 aliphatic heterocycles. The van der Waals surface area contributed by atoms with Gasteiger partial charge in [-0.25, -0.2) is 9.79 Å². The minimum atomic E-state index is -0.827. The Kier molecular flexibility index (Phi) is 3.91. The molecule has 0 saturated heterocycles. The van der Waals surface area contributed by atoms with Crippen molar-refractivity contribution in [1.29, 1.82) is 0 Å². The number of fused-ring (bicyclic) bond motifs is 1. The van der Waals surface area contributed by atoms with Crippen LogP contribution >= 0.6 is 24.0 Å². The molecule has 0 amide bonds. The number of rotatable bonds is 3. The number of thioether (sulfide) groups is 1. The molecule has 0 unspecified atom stereocenters. The lowest BCUT2D eigenvalue weighted by atomic mass is 10.2. The molecule has 2 rings (SSSR count). The van der Waals surface area contributed by atoms with Gasteiger partial charge in [0.1, 0.15) is 10.5 Å². The van der Waals surface area contributed by atoms with E-state index in [0.717, 1.165) is 10.6 Å². The van der Waals surface area contributed by atoms with Crippen molar-refractivity contribution in [2.75, 3.05) is 5.75 Å². The van der Waals surface area contributed by atoms with Crippen molar-refractivity contribution < 1.29 is 9.90 Å². The smallest absolute Gasteiger partial charge is 0.330 e. The fourth-order valence-corrected chi connectivity index (χ4v) is 3.00. The third-order valence-corrected chi connectivity index (χ3v) is 4.36. The van der Waals surface area contributed by atoms with Crippen molar-refractivity contribution in [3.8, 4) is 0 Å². The summed E-state index contributed by atoms with van der Waals surface area (Å²) < 4.78 is 3.39. The molecule has 0 aromatic carbocycles. The number of aromatic nitrogens is 2. The Hall–Kier alpha value is -1.41. The number of aliphatic imine (C=N–C) groups is 1. The normalized spacial score (nSPS) is 13.3. The first-order chi connectivity index (χ1) is 8.91. The van der Waals surface area contributed by atoms with Gasteiger partial charge in [0.15, 0.2) is 0 Å². The first-order valence-electron chi connectivity index (χ1n) is 5.63. The van der Waals surface area contributed by atoms with Gasteiger partial charge in [-0.05, 0) is 0 Å². The van der Waals surface area contributed by atoms with Crippen molar-refractivity contribution in [2.45, 2.75) is 12.8 Å². The van der Waals surface area contributed by atoms with Crippen molar-refractivity contribution in [1.82, 2.24) is 9.13 Å². The predicted molar refractivity (Wildman–Crippen MR) is 77.0 cm³/mol. The average Bonchev–Trinajstić information content (AvgIpc) is 2.77. The first kappa shape index (κ1) is 14.0. The van der Waals surface area contributed by atoms with Gasteiger partial charge >= 0.3 is 11.7 Å². The van der Waals surface area contributed by atoms with Crippen LogP contribution in [0.15, 0.2) is 9.79 Å². The monoisotopic (exact) mass is 299 g/mol. The Labute approximate surface area is 118 Å². The van der Waals surface area contributed by atoms with E-state index in [1.807, 2.05) is 0 Å². The summed E-state index contributed by atoms with van der Waals surface area (Å²) in [5.41, 5.74) is 0.654. The van der Waals surface area contributed by atoms with Gasteiger partial charge in [0.2, 0.25) is 0 Å². The zero-order chi connectivity index (χ0) is 14.2. The van der Waals surface area contributed by atoms with Crippen molar-refractivity contribution in [3.63, 3.8) is 0 Å². The molecule has 0 atom stereocenters. The maximum atomic E-state index is 11.9. The van der Waals surface area contributed by atoms with Crippen LogP contribution in [0.3, 0.4) is 0 Å². The van der Waals surface area contributed by atoms with Crippen LogP contribution in [0.5, 0.6) is 0 Å². The highest BCUT2D eigenvalue weighted by Crippen LogP contribution is 2.29. The van der Waals surface area contributed by atoms with Crippen molar-refractivity contribution >= 4 is 40.8 Å². The van der Waals surface area contributed by atoms with Gasteiger partial charge in [-0.15, -0.1) is 11.8 Å². The number of carbonyl (C=O) groups is 1. The summed E-state index contributed by atoms with van der Waals surface area (Å²) in [5, 5.41) is 9.41. The number of aliphatic carboxylic acids is 1. The molecule has 0 aliphatic carbocycles. The molecule has 19 heavy (non-hydrogen) atoms. The van der Waals surface area contributed by atoms with E-state index in [1.165, 1.54) is 20.9 Å². The number of hydrogen-bond donors (Lipinski definition) is 1. The molecule has 1 aliphatic rings. The molecule has 1 aromatic rings. The van der Waals surface area contributed by atoms with E-state index in [2.05, 4.69) is 4.99 Å². The average molecular weight is 299 g/mol. The molecule has 1 N–H and O–H groups in total. The van der Waals surface area contributed by atoms with Crippen LogP contribution < -0.4 is 5.69 Å². The quantitative estimate of drug-likeness (QED) is 0.850. The third kappa shape index (κ3) is 2.64. The van der Waals surface area contributed by atoms with Crippen LogP contribution in [-0.4, -0.2) is 31.0 Å². The van der Waals surface area contributed by atoms with Crippen molar-refractivity contribution in [3.05, 3.63) is 20.7 Å². The molecule has 6 nitrogen and oxygen atoms in total. The Morgan fingerprint density at radius 1 is 1.47 bits per heavy atom. The molecule has 1 aromatic heterocycles. The number of carboxylic acid groups (broad SMARTS) is 1. The van der Waals surface area contributed by atoms with Crippen LogP contribution in [0.4, 0.5) is 5.82 Å².